The molecule has 0 saturated carbocycles. The van der Waals surface area contributed by atoms with E-state index in [0.717, 1.165) is 11.0 Å². The predicted molar refractivity (Wildman–Crippen MR) is 52.8 cm³/mol. The van der Waals surface area contributed by atoms with Gasteiger partial charge in [-0.25, -0.2) is 0 Å². The molecule has 0 aromatic carbocycles. The first kappa shape index (κ1) is 9.02. The highest BCUT2D eigenvalue weighted by Crippen LogP contribution is 2.37. The summed E-state index contributed by atoms with van der Waals surface area (Å²) in [7, 11) is -1.99. The van der Waals surface area contributed by atoms with Crippen LogP contribution in [0.2, 0.25) is 0 Å². The van der Waals surface area contributed by atoms with E-state index in [-0.39, 0.29) is 0 Å². The van der Waals surface area contributed by atoms with Crippen molar-refractivity contribution in [3.05, 3.63) is 17.0 Å². The SMILES string of the molecule is CCc1ccc(P(C)(C)=O)s1. The second kappa shape index (κ2) is 3.12. The Hall–Kier alpha value is -0.0700. The third kappa shape index (κ3) is 2.18. The average Bonchev–Trinajstić information content (AvgIpc) is 2.32. The predicted octanol–water partition coefficient (Wildman–Crippen LogP) is 2.56. The zero-order valence-corrected chi connectivity index (χ0v) is 8.84. The van der Waals surface area contributed by atoms with Gasteiger partial charge < -0.3 is 4.57 Å². The van der Waals surface area contributed by atoms with Crippen LogP contribution in [0.25, 0.3) is 0 Å². The molecule has 0 aliphatic rings. The first-order chi connectivity index (χ1) is 5.04. The van der Waals surface area contributed by atoms with Gasteiger partial charge in [-0.1, -0.05) is 6.92 Å². The van der Waals surface area contributed by atoms with Gasteiger partial charge in [-0.05, 0) is 31.9 Å². The van der Waals surface area contributed by atoms with Gasteiger partial charge in [0.15, 0.2) is 0 Å². The highest BCUT2D eigenvalue weighted by molar-refractivity contribution is 7.75. The second-order valence-electron chi connectivity index (χ2n) is 2.94. The monoisotopic (exact) mass is 188 g/mol. The summed E-state index contributed by atoms with van der Waals surface area (Å²) in [4.78, 5) is 1.32. The molecule has 1 heterocycles. The highest BCUT2D eigenvalue weighted by atomic mass is 32.1. The lowest BCUT2D eigenvalue weighted by atomic mass is 10.4. The maximum atomic E-state index is 11.6. The molecule has 0 atom stereocenters. The molecule has 0 aliphatic heterocycles. The molecule has 1 nitrogen and oxygen atoms in total. The van der Waals surface area contributed by atoms with Crippen molar-refractivity contribution in [2.45, 2.75) is 13.3 Å². The first-order valence-electron chi connectivity index (χ1n) is 3.68. The maximum Gasteiger partial charge on any atom is 0.119 e. The molecule has 0 N–H and O–H groups in total. The Morgan fingerprint density at radius 3 is 2.36 bits per heavy atom. The molecular formula is C8H13OPS. The van der Waals surface area contributed by atoms with Gasteiger partial charge in [0.2, 0.25) is 0 Å². The standard InChI is InChI=1S/C8H13OPS/c1-4-7-5-6-8(11-7)10(2,3)9/h5-6H,4H2,1-3H3. The molecule has 3 heteroatoms. The third-order valence-corrected chi connectivity index (χ3v) is 5.36. The molecule has 0 saturated heterocycles. The molecule has 0 radical (unpaired) electrons. The smallest absolute Gasteiger partial charge is 0.119 e. The van der Waals surface area contributed by atoms with Crippen molar-refractivity contribution in [1.82, 2.24) is 0 Å². The number of rotatable bonds is 2. The molecule has 0 unspecified atom stereocenters. The van der Waals surface area contributed by atoms with Gasteiger partial charge in [0.25, 0.3) is 0 Å². The number of hydrogen-bond acceptors (Lipinski definition) is 2. The maximum absolute atomic E-state index is 11.6. The van der Waals surface area contributed by atoms with Gasteiger partial charge in [-0.2, -0.15) is 0 Å². The van der Waals surface area contributed by atoms with Crippen LogP contribution in [0.1, 0.15) is 11.8 Å². The van der Waals surface area contributed by atoms with Crippen LogP contribution >= 0.6 is 18.5 Å². The molecule has 11 heavy (non-hydrogen) atoms. The molecule has 1 aromatic rings. The van der Waals surface area contributed by atoms with Gasteiger partial charge in [0.05, 0.1) is 4.62 Å². The summed E-state index contributed by atoms with van der Waals surface area (Å²) >= 11 is 1.68. The van der Waals surface area contributed by atoms with Crippen LogP contribution in [0.5, 0.6) is 0 Å². The summed E-state index contributed by atoms with van der Waals surface area (Å²) in [5.74, 6) is 0. The van der Waals surface area contributed by atoms with E-state index in [1.54, 1.807) is 11.3 Å². The van der Waals surface area contributed by atoms with Crippen LogP contribution in [0.15, 0.2) is 12.1 Å². The van der Waals surface area contributed by atoms with Crippen molar-refractivity contribution in [2.75, 3.05) is 13.3 Å². The Kier molecular flexibility index (Phi) is 2.56. The van der Waals surface area contributed by atoms with Crippen molar-refractivity contribution >= 4 is 23.1 Å². The highest BCUT2D eigenvalue weighted by Gasteiger charge is 2.12. The van der Waals surface area contributed by atoms with E-state index in [4.69, 9.17) is 0 Å². The largest absolute Gasteiger partial charge is 0.318 e. The van der Waals surface area contributed by atoms with Crippen LogP contribution in [0.4, 0.5) is 0 Å². The Morgan fingerprint density at radius 2 is 2.09 bits per heavy atom. The van der Waals surface area contributed by atoms with E-state index >= 15 is 0 Å². The molecule has 0 aliphatic carbocycles. The molecule has 1 rings (SSSR count). The Bertz CT molecular complexity index is 284. The summed E-state index contributed by atoms with van der Waals surface area (Å²) in [5.41, 5.74) is 0. The van der Waals surface area contributed by atoms with Crippen molar-refractivity contribution in [1.29, 1.82) is 0 Å². The summed E-state index contributed by atoms with van der Waals surface area (Å²) in [6.45, 7) is 5.75. The molecular weight excluding hydrogens is 175 g/mol. The molecule has 0 fully saturated rings. The first-order valence-corrected chi connectivity index (χ1v) is 7.10. The molecule has 62 valence electrons. The van der Waals surface area contributed by atoms with Gasteiger partial charge in [0, 0.05) is 4.88 Å². The lowest BCUT2D eigenvalue weighted by molar-refractivity contribution is 0.588. The fourth-order valence-electron chi connectivity index (χ4n) is 0.846. The average molecular weight is 188 g/mol. The zero-order valence-electron chi connectivity index (χ0n) is 7.13. The van der Waals surface area contributed by atoms with Crippen molar-refractivity contribution in [3.8, 4) is 0 Å². The minimum absolute atomic E-state index is 1.05. The molecule has 0 bridgehead atoms. The van der Waals surface area contributed by atoms with Crippen LogP contribution < -0.4 is 4.62 Å². The minimum Gasteiger partial charge on any atom is -0.318 e. The molecule has 0 spiro atoms. The van der Waals surface area contributed by atoms with Gasteiger partial charge in [-0.3, -0.25) is 0 Å². The fourth-order valence-corrected chi connectivity index (χ4v) is 3.20. The lowest BCUT2D eigenvalue weighted by Crippen LogP contribution is -1.93. The van der Waals surface area contributed by atoms with Gasteiger partial charge in [-0.15, -0.1) is 11.3 Å². The summed E-state index contributed by atoms with van der Waals surface area (Å²) in [6, 6.07) is 4.06. The lowest BCUT2D eigenvalue weighted by Gasteiger charge is -2.00. The summed E-state index contributed by atoms with van der Waals surface area (Å²) in [5, 5.41) is 0. The Labute approximate surface area is 71.8 Å². The van der Waals surface area contributed by atoms with E-state index in [2.05, 4.69) is 13.0 Å². The summed E-state index contributed by atoms with van der Waals surface area (Å²) in [6.07, 6.45) is 1.05. The van der Waals surface area contributed by atoms with Crippen LogP contribution in [-0.2, 0) is 11.0 Å². The Balaban J connectivity index is 2.99. The van der Waals surface area contributed by atoms with Gasteiger partial charge in [0.1, 0.15) is 7.14 Å². The van der Waals surface area contributed by atoms with E-state index in [1.807, 2.05) is 19.4 Å². The zero-order chi connectivity index (χ0) is 8.48. The van der Waals surface area contributed by atoms with E-state index in [0.29, 0.717) is 0 Å². The van der Waals surface area contributed by atoms with Gasteiger partial charge >= 0.3 is 0 Å². The minimum atomic E-state index is -1.99. The fraction of sp³-hybridized carbons (Fsp3) is 0.500. The van der Waals surface area contributed by atoms with E-state index in [9.17, 15) is 4.57 Å². The normalized spacial score (nSPS) is 11.9. The second-order valence-corrected chi connectivity index (χ2v) is 7.60. The van der Waals surface area contributed by atoms with Crippen molar-refractivity contribution in [3.63, 3.8) is 0 Å². The van der Waals surface area contributed by atoms with Crippen molar-refractivity contribution < 1.29 is 4.57 Å². The number of thiophene rings is 1. The van der Waals surface area contributed by atoms with E-state index in [1.165, 1.54) is 4.88 Å². The van der Waals surface area contributed by atoms with Crippen LogP contribution in [0, 0.1) is 0 Å². The van der Waals surface area contributed by atoms with E-state index < -0.39 is 7.14 Å². The Morgan fingerprint density at radius 1 is 1.45 bits per heavy atom. The topological polar surface area (TPSA) is 17.1 Å². The van der Waals surface area contributed by atoms with Crippen LogP contribution in [-0.4, -0.2) is 13.3 Å². The summed E-state index contributed by atoms with van der Waals surface area (Å²) < 4.78 is 12.6. The molecule has 0 amide bonds. The quantitative estimate of drug-likeness (QED) is 0.652. The third-order valence-electron chi connectivity index (χ3n) is 1.53. The number of aryl methyl sites for hydroxylation is 1. The van der Waals surface area contributed by atoms with Crippen molar-refractivity contribution in [2.24, 2.45) is 0 Å². The van der Waals surface area contributed by atoms with Crippen LogP contribution in [0.3, 0.4) is 0 Å². The number of hydrogen-bond donors (Lipinski definition) is 0. The molecule has 1 aromatic heterocycles.